The van der Waals surface area contributed by atoms with Gasteiger partial charge in [0.25, 0.3) is 11.7 Å². The van der Waals surface area contributed by atoms with Gasteiger partial charge >= 0.3 is 6.36 Å². The van der Waals surface area contributed by atoms with Crippen LogP contribution in [0, 0.1) is 0 Å². The third-order valence-electron chi connectivity index (χ3n) is 1.85. The maximum absolute atomic E-state index is 12.5. The first-order chi connectivity index (χ1) is 8.65. The fourth-order valence-corrected chi connectivity index (χ4v) is 1.82. The van der Waals surface area contributed by atoms with E-state index in [9.17, 15) is 26.7 Å². The fourth-order valence-electron chi connectivity index (χ4n) is 1.22. The molecule has 0 radical (unpaired) electrons. The van der Waals surface area contributed by atoms with E-state index in [1.807, 2.05) is 0 Å². The number of nitrogens with zero attached hydrogens (tertiary/aromatic N) is 1. The third kappa shape index (κ3) is 4.27. The molecule has 0 unspecified atom stereocenters. The van der Waals surface area contributed by atoms with Crippen molar-refractivity contribution in [2.45, 2.75) is 18.1 Å². The molecule has 0 aliphatic rings. The minimum absolute atomic E-state index is 0.241. The number of carbonyl (C=O) groups excluding carboxylic acids is 1. The molecular weight excluding hydrogens is 364 g/mol. The monoisotopic (exact) mass is 367 g/mol. The van der Waals surface area contributed by atoms with Gasteiger partial charge < -0.3 is 4.74 Å². The van der Waals surface area contributed by atoms with Crippen LogP contribution in [0.2, 0.25) is 0 Å². The Morgan fingerprint density at radius 1 is 1.47 bits per heavy atom. The van der Waals surface area contributed by atoms with Crippen LogP contribution in [-0.2, 0) is 5.33 Å². The summed E-state index contributed by atoms with van der Waals surface area (Å²) >= 11 is 7.94. The lowest BCUT2D eigenvalue weighted by Gasteiger charge is -2.14. The lowest BCUT2D eigenvalue weighted by Crippen LogP contribution is -2.20. The van der Waals surface area contributed by atoms with Gasteiger partial charge in [0, 0.05) is 11.4 Å². The van der Waals surface area contributed by atoms with Crippen LogP contribution in [0.25, 0.3) is 0 Å². The quantitative estimate of drug-likeness (QED) is 0.454. The van der Waals surface area contributed by atoms with E-state index in [1.54, 1.807) is 0 Å². The van der Waals surface area contributed by atoms with E-state index < -0.39 is 35.0 Å². The molecule has 0 aliphatic heterocycles. The number of hydrogen-bond acceptors (Lipinski definition) is 3. The minimum Gasteiger partial charge on any atom is -0.405 e. The minimum atomic E-state index is -5.15. The van der Waals surface area contributed by atoms with Crippen LogP contribution in [0.3, 0.4) is 0 Å². The van der Waals surface area contributed by atoms with E-state index in [4.69, 9.17) is 11.6 Å². The molecule has 1 aromatic rings. The molecule has 0 amide bonds. The number of hydrogen-bond donors (Lipinski definition) is 0. The van der Waals surface area contributed by atoms with Crippen LogP contribution in [0.1, 0.15) is 28.2 Å². The van der Waals surface area contributed by atoms with Gasteiger partial charge in [-0.3, -0.25) is 4.79 Å². The lowest BCUT2D eigenvalue weighted by atomic mass is 10.1. The zero-order chi connectivity index (χ0) is 14.8. The summed E-state index contributed by atoms with van der Waals surface area (Å²) in [6, 6.07) is 0.333. The molecule has 0 aromatic carbocycles. The van der Waals surface area contributed by atoms with E-state index >= 15 is 0 Å². The Bertz CT molecular complexity index is 494. The van der Waals surface area contributed by atoms with Crippen molar-refractivity contribution < 1.29 is 31.5 Å². The maximum atomic E-state index is 12.5. The molecule has 106 valence electrons. The van der Waals surface area contributed by atoms with Crippen molar-refractivity contribution in [3.05, 3.63) is 23.0 Å². The molecule has 0 atom stereocenters. The van der Waals surface area contributed by atoms with Gasteiger partial charge in [-0.25, -0.2) is 13.8 Å². The third-order valence-corrected chi connectivity index (χ3v) is 2.57. The van der Waals surface area contributed by atoms with Crippen molar-refractivity contribution in [3.8, 4) is 5.75 Å². The lowest BCUT2D eigenvalue weighted by molar-refractivity contribution is -0.274. The van der Waals surface area contributed by atoms with Crippen molar-refractivity contribution in [1.29, 1.82) is 0 Å². The second kappa shape index (κ2) is 6.00. The maximum Gasteiger partial charge on any atom is 0.573 e. The molecule has 3 nitrogen and oxygen atoms in total. The summed E-state index contributed by atoms with van der Waals surface area (Å²) in [5.41, 5.74) is -2.02. The molecule has 1 aromatic heterocycles. The van der Waals surface area contributed by atoms with Crippen LogP contribution in [0.4, 0.5) is 22.0 Å². The van der Waals surface area contributed by atoms with Gasteiger partial charge in [0.1, 0.15) is 11.4 Å². The van der Waals surface area contributed by atoms with Gasteiger partial charge in [0.15, 0.2) is 0 Å². The number of pyridine rings is 1. The normalized spacial score (nSPS) is 11.8. The Balaban J connectivity index is 3.45. The second-order valence-electron chi connectivity index (χ2n) is 3.12. The highest BCUT2D eigenvalue weighted by Crippen LogP contribution is 2.33. The van der Waals surface area contributed by atoms with Crippen molar-refractivity contribution in [1.82, 2.24) is 4.98 Å². The van der Waals surface area contributed by atoms with Crippen molar-refractivity contribution in [2.75, 3.05) is 0 Å². The van der Waals surface area contributed by atoms with Gasteiger partial charge in [0.05, 0.1) is 11.3 Å². The first-order valence-electron chi connectivity index (χ1n) is 4.49. The average molecular weight is 368 g/mol. The molecular formula is C9H4BrClF5NO2. The Morgan fingerprint density at radius 3 is 2.42 bits per heavy atom. The number of aromatic nitrogens is 1. The number of alkyl halides is 6. The van der Waals surface area contributed by atoms with Gasteiger partial charge in [-0.1, -0.05) is 15.9 Å². The van der Waals surface area contributed by atoms with E-state index in [1.165, 1.54) is 0 Å². The number of halogens is 7. The van der Waals surface area contributed by atoms with Crippen LogP contribution in [0.15, 0.2) is 6.07 Å². The molecule has 19 heavy (non-hydrogen) atoms. The van der Waals surface area contributed by atoms with Crippen LogP contribution >= 0.6 is 27.5 Å². The fraction of sp³-hybridized carbons (Fsp3) is 0.333. The summed E-state index contributed by atoms with van der Waals surface area (Å²) in [4.78, 5) is 14.4. The first kappa shape index (κ1) is 16.1. The summed E-state index contributed by atoms with van der Waals surface area (Å²) in [6.45, 7) is 0. The Kier molecular flexibility index (Phi) is 5.08. The van der Waals surface area contributed by atoms with Gasteiger partial charge in [-0.05, 0) is 11.6 Å². The first-order valence-corrected chi connectivity index (χ1v) is 5.99. The van der Waals surface area contributed by atoms with Crippen molar-refractivity contribution in [3.63, 3.8) is 0 Å². The van der Waals surface area contributed by atoms with E-state index in [2.05, 4.69) is 25.7 Å². The topological polar surface area (TPSA) is 39.2 Å². The SMILES string of the molecule is O=C(Cl)c1c(OC(F)(F)F)cc(C(F)F)nc1CBr. The number of rotatable bonds is 4. The number of carbonyl (C=O) groups is 1. The highest BCUT2D eigenvalue weighted by molar-refractivity contribution is 9.08. The molecule has 0 bridgehead atoms. The zero-order valence-corrected chi connectivity index (χ0v) is 11.1. The average Bonchev–Trinajstić information content (AvgIpc) is 2.24. The second-order valence-corrected chi connectivity index (χ2v) is 4.03. The van der Waals surface area contributed by atoms with Gasteiger partial charge in [0.2, 0.25) is 0 Å². The molecule has 0 saturated heterocycles. The standard InChI is InChI=1S/C9H4BrClF5NO2/c10-2-4-6(7(11)18)5(19-9(14,15)16)1-3(17-4)8(12)13/h1,8H,2H2. The van der Waals surface area contributed by atoms with Gasteiger partial charge in [-0.2, -0.15) is 0 Å². The summed E-state index contributed by atoms with van der Waals surface area (Å²) < 4.78 is 65.0. The Labute approximate surface area is 116 Å². The molecule has 0 fully saturated rings. The summed E-state index contributed by atoms with van der Waals surface area (Å²) in [6.07, 6.45) is -8.27. The molecule has 1 heterocycles. The predicted molar refractivity (Wildman–Crippen MR) is 58.7 cm³/mol. The Hall–Kier alpha value is -0.960. The molecule has 10 heteroatoms. The van der Waals surface area contributed by atoms with E-state index in [0.717, 1.165) is 0 Å². The molecule has 1 rings (SSSR count). The largest absolute Gasteiger partial charge is 0.573 e. The Morgan fingerprint density at radius 2 is 2.05 bits per heavy atom. The van der Waals surface area contributed by atoms with Crippen LogP contribution in [-0.4, -0.2) is 16.6 Å². The zero-order valence-electron chi connectivity index (χ0n) is 8.77. The van der Waals surface area contributed by atoms with Gasteiger partial charge in [-0.15, -0.1) is 13.2 Å². The molecule has 0 N–H and O–H groups in total. The molecule has 0 saturated carbocycles. The molecule has 0 spiro atoms. The van der Waals surface area contributed by atoms with Crippen molar-refractivity contribution in [2.24, 2.45) is 0 Å². The smallest absolute Gasteiger partial charge is 0.405 e. The van der Waals surface area contributed by atoms with Crippen molar-refractivity contribution >= 4 is 32.8 Å². The predicted octanol–water partition coefficient (Wildman–Crippen LogP) is 4.19. The van der Waals surface area contributed by atoms with E-state index in [-0.39, 0.29) is 11.0 Å². The molecule has 0 aliphatic carbocycles. The summed E-state index contributed by atoms with van der Waals surface area (Å²) in [7, 11) is 0. The van der Waals surface area contributed by atoms with Crippen LogP contribution in [0.5, 0.6) is 5.75 Å². The van der Waals surface area contributed by atoms with Crippen LogP contribution < -0.4 is 4.74 Å². The number of ether oxygens (including phenoxy) is 1. The highest BCUT2D eigenvalue weighted by Gasteiger charge is 2.34. The summed E-state index contributed by atoms with van der Waals surface area (Å²) in [5, 5.41) is -1.53. The highest BCUT2D eigenvalue weighted by atomic mass is 79.9. The van der Waals surface area contributed by atoms with E-state index in [0.29, 0.717) is 6.07 Å². The summed E-state index contributed by atoms with van der Waals surface area (Å²) in [5.74, 6) is -1.10.